The Bertz CT molecular complexity index is 619. The van der Waals surface area contributed by atoms with E-state index in [1.165, 1.54) is 0 Å². The quantitative estimate of drug-likeness (QED) is 0.745. The van der Waals surface area contributed by atoms with Gasteiger partial charge in [0.1, 0.15) is 0 Å². The molecule has 0 aliphatic heterocycles. The van der Waals surface area contributed by atoms with Crippen LogP contribution in [0.2, 0.25) is 0 Å². The highest BCUT2D eigenvalue weighted by Crippen LogP contribution is 2.21. The molecule has 0 fully saturated rings. The Labute approximate surface area is 134 Å². The molecule has 0 atom stereocenters. The molecular formula is C16H22BrN3O. The molecule has 21 heavy (non-hydrogen) atoms. The van der Waals surface area contributed by atoms with E-state index in [-0.39, 0.29) is 11.9 Å². The number of fused-ring (bicyclic) bond motifs is 1. The van der Waals surface area contributed by atoms with Gasteiger partial charge in [-0.15, -0.1) is 0 Å². The Hall–Kier alpha value is -1.36. The van der Waals surface area contributed by atoms with Gasteiger partial charge in [-0.3, -0.25) is 9.48 Å². The number of carbonyl (C=O) groups is 1. The molecular weight excluding hydrogens is 330 g/mol. The van der Waals surface area contributed by atoms with E-state index in [1.807, 2.05) is 36.2 Å². The molecule has 4 nitrogen and oxygen atoms in total. The van der Waals surface area contributed by atoms with Gasteiger partial charge in [0.05, 0.1) is 5.52 Å². The predicted octanol–water partition coefficient (Wildman–Crippen LogP) is 3.60. The van der Waals surface area contributed by atoms with Gasteiger partial charge >= 0.3 is 0 Å². The van der Waals surface area contributed by atoms with E-state index in [0.717, 1.165) is 29.1 Å². The standard InChI is InChI=1S/C16H22BrN3O/c1-4-12(5-2)20(11-10-17)16(21)15-13-8-6-7-9-14(13)19(3)18-15/h6-9,12H,4-5,10-11H2,1-3H3. The third kappa shape index (κ3) is 3.12. The summed E-state index contributed by atoms with van der Waals surface area (Å²) in [6.45, 7) is 4.95. The molecule has 0 aliphatic rings. The van der Waals surface area contributed by atoms with E-state index < -0.39 is 0 Å². The van der Waals surface area contributed by atoms with Crippen LogP contribution in [0.1, 0.15) is 37.2 Å². The van der Waals surface area contributed by atoms with Gasteiger partial charge in [-0.25, -0.2) is 0 Å². The molecule has 0 unspecified atom stereocenters. The Morgan fingerprint density at radius 3 is 2.62 bits per heavy atom. The predicted molar refractivity (Wildman–Crippen MR) is 89.9 cm³/mol. The van der Waals surface area contributed by atoms with Gasteiger partial charge in [0.15, 0.2) is 5.69 Å². The first-order chi connectivity index (χ1) is 10.1. The second-order valence-electron chi connectivity index (χ2n) is 5.15. The summed E-state index contributed by atoms with van der Waals surface area (Å²) in [5, 5.41) is 6.16. The molecule has 1 heterocycles. The Balaban J connectivity index is 2.43. The van der Waals surface area contributed by atoms with Crippen LogP contribution in [0.5, 0.6) is 0 Å². The van der Waals surface area contributed by atoms with E-state index in [2.05, 4.69) is 34.9 Å². The van der Waals surface area contributed by atoms with Gasteiger partial charge in [-0.05, 0) is 18.9 Å². The van der Waals surface area contributed by atoms with Crippen LogP contribution >= 0.6 is 15.9 Å². The summed E-state index contributed by atoms with van der Waals surface area (Å²) in [5.41, 5.74) is 1.55. The number of aryl methyl sites for hydroxylation is 1. The number of amides is 1. The number of benzene rings is 1. The Morgan fingerprint density at radius 2 is 2.00 bits per heavy atom. The zero-order valence-corrected chi connectivity index (χ0v) is 14.4. The first kappa shape index (κ1) is 16.0. The number of alkyl halides is 1. The number of para-hydroxylation sites is 1. The number of carbonyl (C=O) groups excluding carboxylic acids is 1. The van der Waals surface area contributed by atoms with Crippen molar-refractivity contribution < 1.29 is 4.79 Å². The molecule has 1 aromatic carbocycles. The van der Waals surface area contributed by atoms with Crippen LogP contribution in [0.25, 0.3) is 10.9 Å². The van der Waals surface area contributed by atoms with Crippen LogP contribution in [-0.4, -0.2) is 38.5 Å². The third-order valence-electron chi connectivity index (χ3n) is 3.93. The molecule has 5 heteroatoms. The Kier molecular flexibility index (Phi) is 5.39. The lowest BCUT2D eigenvalue weighted by molar-refractivity contribution is 0.0678. The number of hydrogen-bond acceptors (Lipinski definition) is 2. The lowest BCUT2D eigenvalue weighted by Crippen LogP contribution is -2.41. The number of halogens is 1. The molecule has 1 amide bonds. The van der Waals surface area contributed by atoms with Crippen molar-refractivity contribution in [3.63, 3.8) is 0 Å². The minimum absolute atomic E-state index is 0.0277. The summed E-state index contributed by atoms with van der Waals surface area (Å²) < 4.78 is 1.78. The number of hydrogen-bond donors (Lipinski definition) is 0. The van der Waals surface area contributed by atoms with Crippen LogP contribution in [0, 0.1) is 0 Å². The molecule has 0 saturated carbocycles. The highest BCUT2D eigenvalue weighted by atomic mass is 79.9. The maximum absolute atomic E-state index is 13.0. The van der Waals surface area contributed by atoms with E-state index in [0.29, 0.717) is 12.2 Å². The average molecular weight is 352 g/mol. The SMILES string of the molecule is CCC(CC)N(CCBr)C(=O)c1nn(C)c2ccccc12. The van der Waals surface area contributed by atoms with Crippen LogP contribution in [0.4, 0.5) is 0 Å². The number of rotatable bonds is 6. The summed E-state index contributed by atoms with van der Waals surface area (Å²) in [7, 11) is 1.88. The minimum atomic E-state index is 0.0277. The van der Waals surface area contributed by atoms with Crippen LogP contribution in [0.3, 0.4) is 0 Å². The fourth-order valence-corrected chi connectivity index (χ4v) is 3.16. The van der Waals surface area contributed by atoms with Gasteiger partial charge in [-0.2, -0.15) is 5.10 Å². The van der Waals surface area contributed by atoms with E-state index in [9.17, 15) is 4.79 Å². The average Bonchev–Trinajstić information content (AvgIpc) is 2.84. The maximum atomic E-state index is 13.0. The fraction of sp³-hybridized carbons (Fsp3) is 0.500. The monoisotopic (exact) mass is 351 g/mol. The second kappa shape index (κ2) is 7.07. The molecule has 0 bridgehead atoms. The Morgan fingerprint density at radius 1 is 1.33 bits per heavy atom. The molecule has 0 N–H and O–H groups in total. The van der Waals surface area contributed by atoms with E-state index >= 15 is 0 Å². The number of nitrogens with zero attached hydrogens (tertiary/aromatic N) is 3. The summed E-state index contributed by atoms with van der Waals surface area (Å²) in [5.74, 6) is 0.0277. The smallest absolute Gasteiger partial charge is 0.275 e. The summed E-state index contributed by atoms with van der Waals surface area (Å²) >= 11 is 3.45. The van der Waals surface area contributed by atoms with Crippen molar-refractivity contribution in [3.05, 3.63) is 30.0 Å². The summed E-state index contributed by atoms with van der Waals surface area (Å²) in [4.78, 5) is 14.9. The van der Waals surface area contributed by atoms with Crippen molar-refractivity contribution in [2.45, 2.75) is 32.7 Å². The molecule has 0 radical (unpaired) electrons. The lowest BCUT2D eigenvalue weighted by atomic mass is 10.1. The number of aromatic nitrogens is 2. The van der Waals surface area contributed by atoms with E-state index in [4.69, 9.17) is 0 Å². The molecule has 0 aliphatic carbocycles. The van der Waals surface area contributed by atoms with Gasteiger partial charge in [0.25, 0.3) is 5.91 Å². The second-order valence-corrected chi connectivity index (χ2v) is 5.94. The molecule has 114 valence electrons. The fourth-order valence-electron chi connectivity index (χ4n) is 2.78. The van der Waals surface area contributed by atoms with Gasteiger partial charge in [0, 0.05) is 30.4 Å². The van der Waals surface area contributed by atoms with Crippen LogP contribution in [0.15, 0.2) is 24.3 Å². The van der Waals surface area contributed by atoms with Gasteiger partial charge < -0.3 is 4.90 Å². The molecule has 1 aromatic heterocycles. The minimum Gasteiger partial charge on any atom is -0.333 e. The zero-order valence-electron chi connectivity index (χ0n) is 12.8. The molecule has 2 rings (SSSR count). The largest absolute Gasteiger partial charge is 0.333 e. The van der Waals surface area contributed by atoms with Crippen molar-refractivity contribution in [1.82, 2.24) is 14.7 Å². The molecule has 0 spiro atoms. The van der Waals surface area contributed by atoms with Gasteiger partial charge in [-0.1, -0.05) is 48.0 Å². The van der Waals surface area contributed by atoms with Crippen molar-refractivity contribution in [2.75, 3.05) is 11.9 Å². The maximum Gasteiger partial charge on any atom is 0.275 e. The van der Waals surface area contributed by atoms with Crippen molar-refractivity contribution in [3.8, 4) is 0 Å². The highest BCUT2D eigenvalue weighted by Gasteiger charge is 2.25. The first-order valence-corrected chi connectivity index (χ1v) is 8.54. The van der Waals surface area contributed by atoms with Crippen molar-refractivity contribution in [1.29, 1.82) is 0 Å². The lowest BCUT2D eigenvalue weighted by Gasteiger charge is -2.29. The van der Waals surface area contributed by atoms with E-state index in [1.54, 1.807) is 4.68 Å². The molecule has 0 saturated heterocycles. The van der Waals surface area contributed by atoms with Crippen molar-refractivity contribution in [2.24, 2.45) is 7.05 Å². The van der Waals surface area contributed by atoms with Crippen molar-refractivity contribution >= 4 is 32.7 Å². The molecule has 2 aromatic rings. The highest BCUT2D eigenvalue weighted by molar-refractivity contribution is 9.09. The summed E-state index contributed by atoms with van der Waals surface area (Å²) in [6, 6.07) is 8.14. The zero-order chi connectivity index (χ0) is 15.4. The normalized spacial score (nSPS) is 11.3. The first-order valence-electron chi connectivity index (χ1n) is 7.42. The van der Waals surface area contributed by atoms with Gasteiger partial charge in [0.2, 0.25) is 0 Å². The topological polar surface area (TPSA) is 38.1 Å². The summed E-state index contributed by atoms with van der Waals surface area (Å²) in [6.07, 6.45) is 1.92. The van der Waals surface area contributed by atoms with Crippen LogP contribution < -0.4 is 0 Å². The van der Waals surface area contributed by atoms with Crippen LogP contribution in [-0.2, 0) is 7.05 Å². The third-order valence-corrected chi connectivity index (χ3v) is 4.28.